The molecule has 8 heteroatoms. The third-order valence-corrected chi connectivity index (χ3v) is 4.98. The van der Waals surface area contributed by atoms with Gasteiger partial charge in [0.15, 0.2) is 11.5 Å². The average Bonchev–Trinajstić information content (AvgIpc) is 2.93. The Bertz CT molecular complexity index is 931. The highest BCUT2D eigenvalue weighted by Crippen LogP contribution is 2.32. The molecule has 2 aromatic carbocycles. The van der Waals surface area contributed by atoms with Gasteiger partial charge in [-0.2, -0.15) is 0 Å². The highest BCUT2D eigenvalue weighted by atomic mass is 16.5. The number of nitrogens with zero attached hydrogens (tertiary/aromatic N) is 1. The Morgan fingerprint density at radius 3 is 2.76 bits per heavy atom. The first-order valence-corrected chi connectivity index (χ1v) is 9.73. The van der Waals surface area contributed by atoms with E-state index in [2.05, 4.69) is 10.6 Å². The molecular weight excluding hydrogens is 372 g/mol. The van der Waals surface area contributed by atoms with Crippen molar-refractivity contribution in [1.82, 2.24) is 5.32 Å². The fourth-order valence-corrected chi connectivity index (χ4v) is 3.63. The number of amides is 3. The van der Waals surface area contributed by atoms with Crippen molar-refractivity contribution >= 4 is 29.0 Å². The molecule has 0 atom stereocenters. The van der Waals surface area contributed by atoms with Gasteiger partial charge in [-0.25, -0.2) is 4.79 Å². The Kier molecular flexibility index (Phi) is 5.41. The van der Waals surface area contributed by atoms with Crippen molar-refractivity contribution in [3.63, 3.8) is 0 Å². The molecule has 3 amide bonds. The zero-order valence-electron chi connectivity index (χ0n) is 16.1. The summed E-state index contributed by atoms with van der Waals surface area (Å²) in [5, 5.41) is 5.04. The second-order valence-corrected chi connectivity index (χ2v) is 7.08. The van der Waals surface area contributed by atoms with Crippen LogP contribution < -0.4 is 30.7 Å². The highest BCUT2D eigenvalue weighted by molar-refractivity contribution is 6.02. The molecule has 0 fully saturated rings. The quantitative estimate of drug-likeness (QED) is 0.689. The first-order valence-electron chi connectivity index (χ1n) is 9.73. The first kappa shape index (κ1) is 18.9. The molecule has 0 aromatic heterocycles. The molecule has 2 aliphatic heterocycles. The first-order chi connectivity index (χ1) is 14.1. The van der Waals surface area contributed by atoms with Crippen LogP contribution in [0.5, 0.6) is 11.5 Å². The molecule has 0 saturated heterocycles. The van der Waals surface area contributed by atoms with E-state index < -0.39 is 6.03 Å². The second kappa shape index (κ2) is 8.30. The fraction of sp³-hybridized carbons (Fsp3) is 0.333. The largest absolute Gasteiger partial charge is 0.490 e. The lowest BCUT2D eigenvalue weighted by molar-refractivity contribution is -0.118. The Hall–Kier alpha value is -3.42. The van der Waals surface area contributed by atoms with Crippen molar-refractivity contribution in [3.05, 3.63) is 42.0 Å². The van der Waals surface area contributed by atoms with E-state index in [4.69, 9.17) is 15.2 Å². The molecule has 0 saturated carbocycles. The van der Waals surface area contributed by atoms with Crippen LogP contribution in [0.3, 0.4) is 0 Å². The van der Waals surface area contributed by atoms with Gasteiger partial charge in [-0.3, -0.25) is 10.1 Å². The number of carbonyl (C=O) groups excluding carboxylic acids is 2. The van der Waals surface area contributed by atoms with E-state index in [9.17, 15) is 9.59 Å². The van der Waals surface area contributed by atoms with Gasteiger partial charge in [-0.15, -0.1) is 0 Å². The zero-order valence-corrected chi connectivity index (χ0v) is 16.1. The summed E-state index contributed by atoms with van der Waals surface area (Å²) < 4.78 is 11.2. The minimum atomic E-state index is -0.589. The SMILES string of the molecule is Nc1cccc2c1CCCN2CC(=O)NC(=O)Nc1ccc2c(c1)OCCCO2. The molecule has 152 valence electrons. The van der Waals surface area contributed by atoms with Gasteiger partial charge in [0.2, 0.25) is 5.91 Å². The van der Waals surface area contributed by atoms with Gasteiger partial charge in [0.25, 0.3) is 0 Å². The number of hydrogen-bond donors (Lipinski definition) is 3. The molecule has 29 heavy (non-hydrogen) atoms. The summed E-state index contributed by atoms with van der Waals surface area (Å²) in [7, 11) is 0. The summed E-state index contributed by atoms with van der Waals surface area (Å²) in [6.45, 7) is 1.99. The standard InChI is InChI=1S/C21H24N4O4/c22-16-5-1-6-17-15(16)4-2-9-25(17)13-20(26)24-21(27)23-14-7-8-18-19(12-14)29-11-3-10-28-18/h1,5-8,12H,2-4,9-11,13,22H2,(H2,23,24,26,27). The summed E-state index contributed by atoms with van der Waals surface area (Å²) >= 11 is 0. The zero-order chi connectivity index (χ0) is 20.2. The molecule has 4 rings (SSSR count). The molecule has 0 unspecified atom stereocenters. The van der Waals surface area contributed by atoms with E-state index in [-0.39, 0.29) is 12.5 Å². The smallest absolute Gasteiger partial charge is 0.325 e. The van der Waals surface area contributed by atoms with Gasteiger partial charge in [0.1, 0.15) is 0 Å². The van der Waals surface area contributed by atoms with E-state index in [1.54, 1.807) is 18.2 Å². The summed E-state index contributed by atoms with van der Waals surface area (Å²) in [5.41, 5.74) is 9.32. The second-order valence-electron chi connectivity index (χ2n) is 7.08. The third kappa shape index (κ3) is 4.37. The summed E-state index contributed by atoms with van der Waals surface area (Å²) in [4.78, 5) is 26.6. The average molecular weight is 396 g/mol. The number of anilines is 3. The van der Waals surface area contributed by atoms with E-state index in [1.165, 1.54) is 0 Å². The Balaban J connectivity index is 1.36. The van der Waals surface area contributed by atoms with E-state index >= 15 is 0 Å². The molecule has 0 bridgehead atoms. The number of imide groups is 1. The number of nitrogen functional groups attached to an aromatic ring is 1. The molecular formula is C21H24N4O4. The predicted molar refractivity (Wildman–Crippen MR) is 111 cm³/mol. The molecule has 0 radical (unpaired) electrons. The van der Waals surface area contributed by atoms with E-state index in [0.29, 0.717) is 30.4 Å². The lowest BCUT2D eigenvalue weighted by Crippen LogP contribution is -2.43. The van der Waals surface area contributed by atoms with Crippen LogP contribution in [0.1, 0.15) is 18.4 Å². The number of ether oxygens (including phenoxy) is 2. The Morgan fingerprint density at radius 2 is 1.90 bits per heavy atom. The lowest BCUT2D eigenvalue weighted by atomic mass is 10.00. The monoisotopic (exact) mass is 396 g/mol. The van der Waals surface area contributed by atoms with Gasteiger partial charge >= 0.3 is 6.03 Å². The third-order valence-electron chi connectivity index (χ3n) is 4.98. The van der Waals surface area contributed by atoms with Crippen molar-refractivity contribution in [2.45, 2.75) is 19.3 Å². The van der Waals surface area contributed by atoms with Crippen LogP contribution in [0.4, 0.5) is 21.9 Å². The maximum atomic E-state index is 12.4. The maximum Gasteiger partial charge on any atom is 0.325 e. The molecule has 2 aromatic rings. The van der Waals surface area contributed by atoms with Crippen molar-refractivity contribution in [2.24, 2.45) is 0 Å². The molecule has 0 spiro atoms. The summed E-state index contributed by atoms with van der Waals surface area (Å²) in [5.74, 6) is 0.842. The highest BCUT2D eigenvalue weighted by Gasteiger charge is 2.21. The molecule has 2 heterocycles. The van der Waals surface area contributed by atoms with Crippen LogP contribution in [-0.4, -0.2) is 38.2 Å². The lowest BCUT2D eigenvalue weighted by Gasteiger charge is -2.31. The molecule has 0 aliphatic carbocycles. The van der Waals surface area contributed by atoms with Crippen molar-refractivity contribution in [2.75, 3.05) is 42.3 Å². The fourth-order valence-electron chi connectivity index (χ4n) is 3.63. The molecule has 8 nitrogen and oxygen atoms in total. The minimum Gasteiger partial charge on any atom is -0.490 e. The van der Waals surface area contributed by atoms with Crippen LogP contribution in [-0.2, 0) is 11.2 Å². The van der Waals surface area contributed by atoms with Crippen molar-refractivity contribution in [3.8, 4) is 11.5 Å². The van der Waals surface area contributed by atoms with E-state index in [1.807, 2.05) is 23.1 Å². The summed E-state index contributed by atoms with van der Waals surface area (Å²) in [6.07, 6.45) is 2.61. The van der Waals surface area contributed by atoms with Gasteiger partial charge in [0, 0.05) is 36.1 Å². The van der Waals surface area contributed by atoms with Gasteiger partial charge in [-0.05, 0) is 42.7 Å². The predicted octanol–water partition coefficient (Wildman–Crippen LogP) is 2.53. The normalized spacial score (nSPS) is 15.1. The van der Waals surface area contributed by atoms with Crippen LogP contribution in [0, 0.1) is 0 Å². The Morgan fingerprint density at radius 1 is 1.07 bits per heavy atom. The van der Waals surface area contributed by atoms with Gasteiger partial charge in [0.05, 0.1) is 19.8 Å². The molecule has 4 N–H and O–H groups in total. The van der Waals surface area contributed by atoms with Gasteiger partial charge in [-0.1, -0.05) is 6.07 Å². The number of hydrogen-bond acceptors (Lipinski definition) is 6. The molecule has 2 aliphatic rings. The number of nitrogens with two attached hydrogens (primary N) is 1. The van der Waals surface area contributed by atoms with Crippen LogP contribution in [0.25, 0.3) is 0 Å². The number of carbonyl (C=O) groups is 2. The van der Waals surface area contributed by atoms with Gasteiger partial charge < -0.3 is 25.4 Å². The summed E-state index contributed by atoms with van der Waals surface area (Å²) in [6, 6.07) is 10.2. The topological polar surface area (TPSA) is 106 Å². The number of urea groups is 1. The maximum absolute atomic E-state index is 12.4. The number of fused-ring (bicyclic) bond motifs is 2. The van der Waals surface area contributed by atoms with E-state index in [0.717, 1.165) is 42.7 Å². The van der Waals surface area contributed by atoms with Crippen molar-refractivity contribution < 1.29 is 19.1 Å². The number of rotatable bonds is 3. The minimum absolute atomic E-state index is 0.0883. The number of benzene rings is 2. The van der Waals surface area contributed by atoms with Crippen LogP contribution >= 0.6 is 0 Å². The number of nitrogens with one attached hydrogen (secondary N) is 2. The van der Waals surface area contributed by atoms with Crippen molar-refractivity contribution in [1.29, 1.82) is 0 Å². The Labute approximate surface area is 169 Å². The van der Waals surface area contributed by atoms with Crippen LogP contribution in [0.2, 0.25) is 0 Å². The van der Waals surface area contributed by atoms with Crippen LogP contribution in [0.15, 0.2) is 36.4 Å².